The monoisotopic (exact) mass is 336 g/mol. The second-order valence-electron chi connectivity index (χ2n) is 5.82. The molecule has 0 nitrogen and oxygen atoms in total. The third-order valence-electron chi connectivity index (χ3n) is 4.31. The van der Waals surface area contributed by atoms with Gasteiger partial charge in [-0.15, -0.1) is 18.5 Å². The molecule has 0 N–H and O–H groups in total. The minimum Gasteiger partial charge on any atom is -0.133 e. The Labute approximate surface area is 143 Å². The third-order valence-corrected chi connectivity index (χ3v) is 5.22. The molecule has 0 radical (unpaired) electrons. The third kappa shape index (κ3) is 3.72. The van der Waals surface area contributed by atoms with Crippen LogP contribution in [0.1, 0.15) is 16.7 Å². The molecule has 2 heteroatoms. The zero-order valence-electron chi connectivity index (χ0n) is 13.4. The average molecular weight is 336 g/mol. The summed E-state index contributed by atoms with van der Waals surface area (Å²) >= 11 is 0. The van der Waals surface area contributed by atoms with E-state index in [1.54, 1.807) is 0 Å². The van der Waals surface area contributed by atoms with Gasteiger partial charge in [0.25, 0.3) is 0 Å². The Kier molecular flexibility index (Phi) is 5.27. The van der Waals surface area contributed by atoms with Crippen LogP contribution in [0.15, 0.2) is 66.7 Å². The molecule has 0 spiro atoms. The smallest absolute Gasteiger partial charge is 0.0126 e. The zero-order chi connectivity index (χ0) is 16.2. The maximum atomic E-state index is 2.82. The molecule has 0 aliphatic rings. The van der Waals surface area contributed by atoms with Crippen LogP contribution in [0.4, 0.5) is 0 Å². The number of aryl methyl sites for hydroxylation is 1. The molecule has 0 saturated heterocycles. The van der Waals surface area contributed by atoms with E-state index in [-0.39, 0.29) is 0 Å². The zero-order valence-corrected chi connectivity index (χ0v) is 15.7. The van der Waals surface area contributed by atoms with Gasteiger partial charge in [-0.05, 0) is 58.2 Å². The predicted octanol–water partition coefficient (Wildman–Crippen LogP) is 6.08. The maximum absolute atomic E-state index is 2.82. The summed E-state index contributed by atoms with van der Waals surface area (Å²) in [5, 5.41) is 0. The number of benzene rings is 3. The van der Waals surface area contributed by atoms with Gasteiger partial charge in [-0.25, -0.2) is 0 Å². The molecule has 0 amide bonds. The number of hydrogen-bond acceptors (Lipinski definition) is 0. The summed E-state index contributed by atoms with van der Waals surface area (Å²) in [7, 11) is 5.58. The Hall–Kier alpha value is -1.48. The van der Waals surface area contributed by atoms with E-state index in [2.05, 4.69) is 92.1 Å². The van der Waals surface area contributed by atoms with Crippen LogP contribution < -0.4 is 0 Å². The van der Waals surface area contributed by atoms with E-state index in [9.17, 15) is 0 Å². The first-order valence-electron chi connectivity index (χ1n) is 7.90. The van der Waals surface area contributed by atoms with Crippen molar-refractivity contribution < 1.29 is 0 Å². The van der Waals surface area contributed by atoms with Crippen molar-refractivity contribution in [3.8, 4) is 22.3 Å². The van der Waals surface area contributed by atoms with Crippen molar-refractivity contribution in [1.29, 1.82) is 0 Å². The molecular formula is C21H22P2. The molecule has 0 aliphatic heterocycles. The van der Waals surface area contributed by atoms with Crippen molar-refractivity contribution in [2.45, 2.75) is 19.2 Å². The lowest BCUT2D eigenvalue weighted by atomic mass is 9.97. The molecule has 3 aromatic rings. The second kappa shape index (κ2) is 7.39. The highest BCUT2D eigenvalue weighted by atomic mass is 31.0. The van der Waals surface area contributed by atoms with Crippen LogP contribution in [-0.2, 0) is 12.3 Å². The van der Waals surface area contributed by atoms with Gasteiger partial charge in [-0.3, -0.25) is 0 Å². The van der Waals surface area contributed by atoms with Crippen molar-refractivity contribution in [2.75, 3.05) is 0 Å². The van der Waals surface area contributed by atoms with E-state index >= 15 is 0 Å². The van der Waals surface area contributed by atoms with Crippen LogP contribution in [0, 0.1) is 6.92 Å². The van der Waals surface area contributed by atoms with Crippen LogP contribution in [0.3, 0.4) is 0 Å². The molecule has 116 valence electrons. The lowest BCUT2D eigenvalue weighted by molar-refractivity contribution is 1.31. The van der Waals surface area contributed by atoms with Crippen molar-refractivity contribution >= 4 is 18.5 Å². The molecule has 3 aromatic carbocycles. The van der Waals surface area contributed by atoms with Crippen LogP contribution in [0.2, 0.25) is 0 Å². The fraction of sp³-hybridized carbons (Fsp3) is 0.143. The molecule has 0 aromatic heterocycles. The van der Waals surface area contributed by atoms with Gasteiger partial charge in [0, 0.05) is 0 Å². The molecule has 0 aliphatic carbocycles. The summed E-state index contributed by atoms with van der Waals surface area (Å²) in [4.78, 5) is 0. The topological polar surface area (TPSA) is 0 Å². The molecule has 0 fully saturated rings. The fourth-order valence-corrected chi connectivity index (χ4v) is 3.47. The van der Waals surface area contributed by atoms with Gasteiger partial charge in [0.05, 0.1) is 0 Å². The first kappa shape index (κ1) is 16.4. The van der Waals surface area contributed by atoms with E-state index in [0.29, 0.717) is 0 Å². The Bertz CT molecular complexity index is 787. The van der Waals surface area contributed by atoms with Gasteiger partial charge in [0.1, 0.15) is 0 Å². The van der Waals surface area contributed by atoms with Crippen LogP contribution in [0.5, 0.6) is 0 Å². The molecular weight excluding hydrogens is 314 g/mol. The normalized spacial score (nSPS) is 10.7. The molecule has 0 bridgehead atoms. The van der Waals surface area contributed by atoms with Gasteiger partial charge in [-0.2, -0.15) is 0 Å². The molecule has 23 heavy (non-hydrogen) atoms. The summed E-state index contributed by atoms with van der Waals surface area (Å²) in [6.07, 6.45) is 2.00. The average Bonchev–Trinajstić information content (AvgIpc) is 2.62. The maximum Gasteiger partial charge on any atom is -0.0126 e. The first-order valence-corrected chi connectivity index (χ1v) is 9.54. The fourth-order valence-electron chi connectivity index (χ4n) is 2.76. The predicted molar refractivity (Wildman–Crippen MR) is 109 cm³/mol. The van der Waals surface area contributed by atoms with Gasteiger partial charge >= 0.3 is 0 Å². The molecule has 2 atom stereocenters. The standard InChI is InChI=1S/C21H22P2/c1-15-2-5-20(12-21(15)14-23)19-10-8-18(9-11-19)17-6-3-16(13-22)4-7-17/h2-12H,13-14,22-23H2,1H3. The van der Waals surface area contributed by atoms with E-state index in [0.717, 1.165) is 12.3 Å². The highest BCUT2D eigenvalue weighted by molar-refractivity contribution is 7.15. The number of hydrogen-bond donors (Lipinski definition) is 0. The lowest BCUT2D eigenvalue weighted by Crippen LogP contribution is -1.87. The highest BCUT2D eigenvalue weighted by Gasteiger charge is 2.03. The Morgan fingerprint density at radius 3 is 1.61 bits per heavy atom. The summed E-state index contributed by atoms with van der Waals surface area (Å²) in [6.45, 7) is 2.17. The minimum atomic E-state index is 1.000. The largest absolute Gasteiger partial charge is 0.133 e. The Balaban J connectivity index is 1.89. The quantitative estimate of drug-likeness (QED) is 0.507. The molecule has 0 saturated carbocycles. The summed E-state index contributed by atoms with van der Waals surface area (Å²) < 4.78 is 0. The highest BCUT2D eigenvalue weighted by Crippen LogP contribution is 2.27. The summed E-state index contributed by atoms with van der Waals surface area (Å²) in [5.74, 6) is 0. The molecule has 0 heterocycles. The van der Waals surface area contributed by atoms with Gasteiger partial charge in [0.2, 0.25) is 0 Å². The van der Waals surface area contributed by atoms with Crippen molar-refractivity contribution in [1.82, 2.24) is 0 Å². The van der Waals surface area contributed by atoms with Crippen LogP contribution >= 0.6 is 18.5 Å². The van der Waals surface area contributed by atoms with E-state index < -0.39 is 0 Å². The summed E-state index contributed by atoms with van der Waals surface area (Å²) in [6, 6.07) is 24.4. The van der Waals surface area contributed by atoms with Crippen molar-refractivity contribution in [3.05, 3.63) is 83.4 Å². The number of rotatable bonds is 4. The van der Waals surface area contributed by atoms with Crippen molar-refractivity contribution in [2.24, 2.45) is 0 Å². The lowest BCUT2D eigenvalue weighted by Gasteiger charge is -2.09. The van der Waals surface area contributed by atoms with Gasteiger partial charge in [0.15, 0.2) is 0 Å². The van der Waals surface area contributed by atoms with E-state index in [4.69, 9.17) is 0 Å². The van der Waals surface area contributed by atoms with Gasteiger partial charge in [-0.1, -0.05) is 66.7 Å². The SMILES string of the molecule is Cc1ccc(-c2ccc(-c3ccc(CP)cc3)cc2)cc1CP. The molecule has 3 rings (SSSR count). The van der Waals surface area contributed by atoms with E-state index in [1.807, 2.05) is 0 Å². The Morgan fingerprint density at radius 2 is 1.09 bits per heavy atom. The van der Waals surface area contributed by atoms with Crippen molar-refractivity contribution in [3.63, 3.8) is 0 Å². The second-order valence-corrected chi connectivity index (χ2v) is 6.64. The Morgan fingerprint density at radius 1 is 0.609 bits per heavy atom. The molecule has 2 unspecified atom stereocenters. The van der Waals surface area contributed by atoms with Crippen LogP contribution in [0.25, 0.3) is 22.3 Å². The summed E-state index contributed by atoms with van der Waals surface area (Å²) in [5.41, 5.74) is 9.20. The first-order chi connectivity index (χ1) is 11.2. The minimum absolute atomic E-state index is 1.000. The van der Waals surface area contributed by atoms with E-state index in [1.165, 1.54) is 38.9 Å². The van der Waals surface area contributed by atoms with Gasteiger partial charge < -0.3 is 0 Å². The van der Waals surface area contributed by atoms with Crippen LogP contribution in [-0.4, -0.2) is 0 Å².